The van der Waals surface area contributed by atoms with E-state index in [1.807, 2.05) is 0 Å². The van der Waals surface area contributed by atoms with Gasteiger partial charge in [-0.25, -0.2) is 14.0 Å². The lowest BCUT2D eigenvalue weighted by Crippen LogP contribution is -2.15. The van der Waals surface area contributed by atoms with Gasteiger partial charge in [0.1, 0.15) is 16.6 Å². The first-order chi connectivity index (χ1) is 9.54. The summed E-state index contributed by atoms with van der Waals surface area (Å²) in [7, 11) is 1.75. The van der Waals surface area contributed by atoms with E-state index >= 15 is 0 Å². The van der Waals surface area contributed by atoms with Gasteiger partial charge in [0.2, 0.25) is 0 Å². The highest BCUT2D eigenvalue weighted by atomic mass is 16.5. The van der Waals surface area contributed by atoms with Gasteiger partial charge in [-0.15, -0.1) is 0 Å². The second-order valence-electron chi connectivity index (χ2n) is 4.40. The molecule has 0 atom stereocenters. The van der Waals surface area contributed by atoms with Gasteiger partial charge in [0.25, 0.3) is 5.56 Å². The van der Waals surface area contributed by atoms with Crippen LogP contribution in [0.15, 0.2) is 11.0 Å². The summed E-state index contributed by atoms with van der Waals surface area (Å²) < 4.78 is 7.95. The fourth-order valence-electron chi connectivity index (χ4n) is 2.29. The topological polar surface area (TPSA) is 94.3 Å². The minimum Gasteiger partial charge on any atom is -0.462 e. The van der Waals surface area contributed by atoms with Crippen molar-refractivity contribution in [2.75, 3.05) is 6.61 Å². The van der Waals surface area contributed by atoms with Gasteiger partial charge in [0.05, 0.1) is 18.5 Å². The number of carbonyl (C=O) groups excluding carboxylic acids is 1. The van der Waals surface area contributed by atoms with E-state index in [1.54, 1.807) is 25.6 Å². The molecule has 0 saturated carbocycles. The maximum atomic E-state index is 12.2. The zero-order valence-electron chi connectivity index (χ0n) is 11.3. The third-order valence-electron chi connectivity index (χ3n) is 3.11. The Morgan fingerprint density at radius 1 is 1.50 bits per heavy atom. The molecule has 3 aromatic rings. The molecule has 3 aromatic heterocycles. The van der Waals surface area contributed by atoms with Gasteiger partial charge in [0, 0.05) is 7.05 Å². The SMILES string of the molecule is CCOC(=O)c1cnn2c1c(=O)[nH]c1c(C)nn(C)c12. The highest BCUT2D eigenvalue weighted by Crippen LogP contribution is 2.16. The summed E-state index contributed by atoms with van der Waals surface area (Å²) in [4.78, 5) is 26.8. The molecular weight excluding hydrogens is 262 g/mol. The fraction of sp³-hybridized carbons (Fsp3) is 0.333. The number of nitrogens with zero attached hydrogens (tertiary/aromatic N) is 4. The molecule has 0 saturated heterocycles. The molecule has 0 radical (unpaired) electrons. The second kappa shape index (κ2) is 4.19. The zero-order valence-corrected chi connectivity index (χ0v) is 11.3. The summed E-state index contributed by atoms with van der Waals surface area (Å²) >= 11 is 0. The average molecular weight is 275 g/mol. The van der Waals surface area contributed by atoms with E-state index in [0.717, 1.165) is 0 Å². The number of esters is 1. The molecule has 20 heavy (non-hydrogen) atoms. The summed E-state index contributed by atoms with van der Waals surface area (Å²) in [5.41, 5.74) is 1.83. The molecule has 0 spiro atoms. The Bertz CT molecular complexity index is 886. The van der Waals surface area contributed by atoms with Crippen LogP contribution in [0.1, 0.15) is 23.0 Å². The smallest absolute Gasteiger partial charge is 0.342 e. The molecule has 0 aliphatic carbocycles. The summed E-state index contributed by atoms with van der Waals surface area (Å²) in [6.07, 6.45) is 1.34. The number of fused-ring (bicyclic) bond motifs is 3. The Morgan fingerprint density at radius 2 is 2.25 bits per heavy atom. The predicted molar refractivity (Wildman–Crippen MR) is 70.8 cm³/mol. The third-order valence-corrected chi connectivity index (χ3v) is 3.11. The Kier molecular flexibility index (Phi) is 2.60. The first-order valence-electron chi connectivity index (χ1n) is 6.15. The number of carbonyl (C=O) groups is 1. The number of rotatable bonds is 2. The normalized spacial score (nSPS) is 11.3. The van der Waals surface area contributed by atoms with Crippen molar-refractivity contribution in [1.29, 1.82) is 0 Å². The van der Waals surface area contributed by atoms with Crippen molar-refractivity contribution in [2.45, 2.75) is 13.8 Å². The van der Waals surface area contributed by atoms with Gasteiger partial charge in [-0.1, -0.05) is 0 Å². The van der Waals surface area contributed by atoms with Crippen molar-refractivity contribution in [3.05, 3.63) is 27.8 Å². The fourth-order valence-corrected chi connectivity index (χ4v) is 2.29. The number of H-pyrrole nitrogens is 1. The van der Waals surface area contributed by atoms with Crippen molar-refractivity contribution in [2.24, 2.45) is 7.05 Å². The number of aromatic nitrogens is 5. The Labute approximate surface area is 113 Å². The van der Waals surface area contributed by atoms with E-state index in [9.17, 15) is 9.59 Å². The summed E-state index contributed by atoms with van der Waals surface area (Å²) in [5, 5.41) is 8.36. The second-order valence-corrected chi connectivity index (χ2v) is 4.40. The lowest BCUT2D eigenvalue weighted by atomic mass is 10.3. The molecular formula is C12H13N5O3. The van der Waals surface area contributed by atoms with Crippen molar-refractivity contribution in [3.8, 4) is 0 Å². The highest BCUT2D eigenvalue weighted by molar-refractivity contribution is 5.97. The van der Waals surface area contributed by atoms with Gasteiger partial charge in [-0.3, -0.25) is 4.79 Å². The van der Waals surface area contributed by atoms with Crippen LogP contribution < -0.4 is 5.56 Å². The number of aromatic amines is 1. The first kappa shape index (κ1) is 12.4. The van der Waals surface area contributed by atoms with Crippen molar-refractivity contribution in [1.82, 2.24) is 24.4 Å². The molecule has 0 bridgehead atoms. The lowest BCUT2D eigenvalue weighted by Gasteiger charge is -2.01. The Morgan fingerprint density at radius 3 is 2.95 bits per heavy atom. The number of ether oxygens (including phenoxy) is 1. The van der Waals surface area contributed by atoms with Crippen molar-refractivity contribution >= 4 is 22.6 Å². The number of aryl methyl sites for hydroxylation is 2. The summed E-state index contributed by atoms with van der Waals surface area (Å²) in [5.74, 6) is -0.564. The van der Waals surface area contributed by atoms with Gasteiger partial charge < -0.3 is 9.72 Å². The van der Waals surface area contributed by atoms with E-state index in [4.69, 9.17) is 4.74 Å². The van der Waals surface area contributed by atoms with E-state index in [-0.39, 0.29) is 17.7 Å². The Hall–Kier alpha value is -2.64. The molecule has 0 fully saturated rings. The van der Waals surface area contributed by atoms with E-state index < -0.39 is 11.5 Å². The Balaban J connectivity index is 2.42. The molecule has 3 heterocycles. The van der Waals surface area contributed by atoms with Crippen LogP contribution in [0.3, 0.4) is 0 Å². The van der Waals surface area contributed by atoms with Crippen LogP contribution in [0.4, 0.5) is 0 Å². The standard InChI is InChI=1S/C12H13N5O3/c1-4-20-12(19)7-5-13-17-9(7)10(18)14-8-6(2)15-16(3)11(8)17/h5H,4H2,1-3H3,(H,14,18). The molecule has 8 nitrogen and oxygen atoms in total. The van der Waals surface area contributed by atoms with E-state index in [2.05, 4.69) is 15.2 Å². The maximum absolute atomic E-state index is 12.2. The summed E-state index contributed by atoms with van der Waals surface area (Å²) in [6.45, 7) is 3.73. The zero-order chi connectivity index (χ0) is 14.4. The van der Waals surface area contributed by atoms with Crippen LogP contribution >= 0.6 is 0 Å². The summed E-state index contributed by atoms with van der Waals surface area (Å²) in [6, 6.07) is 0. The minimum atomic E-state index is -0.564. The van der Waals surface area contributed by atoms with Gasteiger partial charge >= 0.3 is 5.97 Å². The molecule has 104 valence electrons. The van der Waals surface area contributed by atoms with Crippen molar-refractivity contribution in [3.63, 3.8) is 0 Å². The van der Waals surface area contributed by atoms with Crippen molar-refractivity contribution < 1.29 is 9.53 Å². The van der Waals surface area contributed by atoms with Crippen LogP contribution in [0.25, 0.3) is 16.7 Å². The molecule has 0 unspecified atom stereocenters. The van der Waals surface area contributed by atoms with Crippen LogP contribution in [0.5, 0.6) is 0 Å². The number of hydrogen-bond acceptors (Lipinski definition) is 5. The lowest BCUT2D eigenvalue weighted by molar-refractivity contribution is 0.0528. The molecule has 1 N–H and O–H groups in total. The molecule has 0 aliphatic heterocycles. The molecule has 0 aliphatic rings. The molecule has 0 amide bonds. The van der Waals surface area contributed by atoms with E-state index in [1.165, 1.54) is 10.7 Å². The monoisotopic (exact) mass is 275 g/mol. The maximum Gasteiger partial charge on any atom is 0.342 e. The van der Waals surface area contributed by atoms with Gasteiger partial charge in [-0.2, -0.15) is 10.2 Å². The molecule has 8 heteroatoms. The quantitative estimate of drug-likeness (QED) is 0.683. The number of hydrogen-bond donors (Lipinski definition) is 1. The average Bonchev–Trinajstić information content (AvgIpc) is 2.93. The molecule has 3 rings (SSSR count). The van der Waals surface area contributed by atoms with Gasteiger partial charge in [0.15, 0.2) is 5.65 Å². The minimum absolute atomic E-state index is 0.147. The van der Waals surface area contributed by atoms with Crippen LogP contribution in [-0.4, -0.2) is 37.0 Å². The predicted octanol–water partition coefficient (Wildman–Crippen LogP) is 0.394. The van der Waals surface area contributed by atoms with Crippen LogP contribution in [0, 0.1) is 6.92 Å². The first-order valence-corrected chi connectivity index (χ1v) is 6.15. The van der Waals surface area contributed by atoms with Crippen LogP contribution in [0.2, 0.25) is 0 Å². The van der Waals surface area contributed by atoms with Gasteiger partial charge in [-0.05, 0) is 13.8 Å². The van der Waals surface area contributed by atoms with Crippen LogP contribution in [-0.2, 0) is 11.8 Å². The highest BCUT2D eigenvalue weighted by Gasteiger charge is 2.20. The molecule has 0 aromatic carbocycles. The largest absolute Gasteiger partial charge is 0.462 e. The number of nitrogens with one attached hydrogen (secondary N) is 1. The third kappa shape index (κ3) is 1.54. The van der Waals surface area contributed by atoms with E-state index in [0.29, 0.717) is 16.9 Å².